The number of amides is 1. The van der Waals surface area contributed by atoms with E-state index in [0.29, 0.717) is 0 Å². The molecular formula is C10H7BrF3NO4. The van der Waals surface area contributed by atoms with Gasteiger partial charge in [-0.1, -0.05) is 0 Å². The summed E-state index contributed by atoms with van der Waals surface area (Å²) in [5.41, 5.74) is 0.108. The zero-order valence-corrected chi connectivity index (χ0v) is 11.0. The van der Waals surface area contributed by atoms with Gasteiger partial charge < -0.3 is 14.8 Å². The van der Waals surface area contributed by atoms with Gasteiger partial charge in [-0.15, -0.1) is 13.2 Å². The maximum atomic E-state index is 12.0. The van der Waals surface area contributed by atoms with Crippen LogP contribution in [0.5, 0.6) is 5.75 Å². The number of alkyl halides is 3. The van der Waals surface area contributed by atoms with E-state index in [1.807, 2.05) is 0 Å². The highest BCUT2D eigenvalue weighted by Gasteiger charge is 2.32. The molecule has 0 aromatic heterocycles. The smallest absolute Gasteiger partial charge is 0.462 e. The summed E-state index contributed by atoms with van der Waals surface area (Å²) in [5, 5.41) is 2.14. The summed E-state index contributed by atoms with van der Waals surface area (Å²) < 4.78 is 43.9. The van der Waals surface area contributed by atoms with Crippen molar-refractivity contribution in [1.82, 2.24) is 0 Å². The van der Waals surface area contributed by atoms with Crippen LogP contribution in [0.25, 0.3) is 0 Å². The lowest BCUT2D eigenvalue weighted by atomic mass is 10.3. The molecule has 0 bridgehead atoms. The SMILES string of the molecule is COC(=O)C(=O)Nc1ccc(OC(F)(F)F)c(Br)c1. The van der Waals surface area contributed by atoms with Crippen LogP contribution in [-0.2, 0) is 14.3 Å². The van der Waals surface area contributed by atoms with E-state index in [9.17, 15) is 22.8 Å². The number of carbonyl (C=O) groups excluding carboxylic acids is 2. The molecule has 1 rings (SSSR count). The number of halogens is 4. The van der Waals surface area contributed by atoms with E-state index in [-0.39, 0.29) is 10.2 Å². The molecule has 104 valence electrons. The Balaban J connectivity index is 2.83. The van der Waals surface area contributed by atoms with E-state index in [4.69, 9.17) is 0 Å². The molecule has 19 heavy (non-hydrogen) atoms. The summed E-state index contributed by atoms with van der Waals surface area (Å²) in [6, 6.07) is 3.29. The number of benzene rings is 1. The Bertz CT molecular complexity index is 504. The summed E-state index contributed by atoms with van der Waals surface area (Å²) in [5.74, 6) is -2.63. The van der Waals surface area contributed by atoms with Gasteiger partial charge in [0.15, 0.2) is 0 Å². The number of esters is 1. The van der Waals surface area contributed by atoms with Crippen LogP contribution in [0.2, 0.25) is 0 Å². The molecule has 0 unspecified atom stereocenters. The number of carbonyl (C=O) groups is 2. The van der Waals surface area contributed by atoms with Crippen molar-refractivity contribution in [1.29, 1.82) is 0 Å². The van der Waals surface area contributed by atoms with E-state index in [1.165, 1.54) is 0 Å². The van der Waals surface area contributed by atoms with Crippen LogP contribution < -0.4 is 10.1 Å². The average Bonchev–Trinajstić information content (AvgIpc) is 2.30. The molecule has 0 aliphatic rings. The topological polar surface area (TPSA) is 64.6 Å². The third-order valence-electron chi connectivity index (χ3n) is 1.79. The van der Waals surface area contributed by atoms with Crippen LogP contribution in [-0.4, -0.2) is 25.3 Å². The molecule has 0 saturated heterocycles. The molecule has 0 spiro atoms. The molecule has 1 N–H and O–H groups in total. The second-order valence-corrected chi connectivity index (χ2v) is 3.99. The van der Waals surface area contributed by atoms with Gasteiger partial charge in [0, 0.05) is 5.69 Å². The molecule has 1 aromatic carbocycles. The molecule has 0 radical (unpaired) electrons. The van der Waals surface area contributed by atoms with Crippen LogP contribution in [0, 0.1) is 0 Å². The summed E-state index contributed by atoms with van der Waals surface area (Å²) >= 11 is 2.85. The van der Waals surface area contributed by atoms with Crippen LogP contribution in [0.15, 0.2) is 22.7 Å². The van der Waals surface area contributed by atoms with E-state index in [2.05, 4.69) is 30.7 Å². The molecule has 1 amide bonds. The quantitative estimate of drug-likeness (QED) is 0.663. The summed E-state index contributed by atoms with van der Waals surface area (Å²) in [7, 11) is 1.03. The minimum absolute atomic E-state index is 0.0347. The summed E-state index contributed by atoms with van der Waals surface area (Å²) in [4.78, 5) is 22.0. The highest BCUT2D eigenvalue weighted by molar-refractivity contribution is 9.10. The number of hydrogen-bond donors (Lipinski definition) is 1. The Labute approximate surface area is 113 Å². The molecule has 9 heteroatoms. The van der Waals surface area contributed by atoms with Gasteiger partial charge in [-0.05, 0) is 34.1 Å². The van der Waals surface area contributed by atoms with Gasteiger partial charge in [-0.3, -0.25) is 4.79 Å². The lowest BCUT2D eigenvalue weighted by Crippen LogP contribution is -2.23. The number of ether oxygens (including phenoxy) is 2. The van der Waals surface area contributed by atoms with Gasteiger partial charge in [-0.2, -0.15) is 0 Å². The molecule has 0 aliphatic heterocycles. The Hall–Kier alpha value is -1.77. The molecule has 5 nitrogen and oxygen atoms in total. The van der Waals surface area contributed by atoms with Crippen molar-refractivity contribution in [3.05, 3.63) is 22.7 Å². The zero-order chi connectivity index (χ0) is 14.6. The monoisotopic (exact) mass is 341 g/mol. The number of hydrogen-bond acceptors (Lipinski definition) is 4. The van der Waals surface area contributed by atoms with E-state index in [1.54, 1.807) is 0 Å². The van der Waals surface area contributed by atoms with Crippen LogP contribution in [0.3, 0.4) is 0 Å². The first kappa shape index (κ1) is 15.3. The van der Waals surface area contributed by atoms with Crippen molar-refractivity contribution in [2.24, 2.45) is 0 Å². The van der Waals surface area contributed by atoms with Crippen molar-refractivity contribution in [2.45, 2.75) is 6.36 Å². The van der Waals surface area contributed by atoms with Crippen molar-refractivity contribution in [3.8, 4) is 5.75 Å². The Morgan fingerprint density at radius 3 is 2.42 bits per heavy atom. The minimum atomic E-state index is -4.82. The Morgan fingerprint density at radius 2 is 1.95 bits per heavy atom. The summed E-state index contributed by atoms with van der Waals surface area (Å²) in [6.07, 6.45) is -4.82. The highest BCUT2D eigenvalue weighted by atomic mass is 79.9. The molecule has 0 fully saturated rings. The number of nitrogens with one attached hydrogen (secondary N) is 1. The van der Waals surface area contributed by atoms with Crippen molar-refractivity contribution < 1.29 is 32.2 Å². The number of methoxy groups -OCH3 is 1. The fourth-order valence-electron chi connectivity index (χ4n) is 1.06. The largest absolute Gasteiger partial charge is 0.573 e. The maximum Gasteiger partial charge on any atom is 0.573 e. The number of anilines is 1. The lowest BCUT2D eigenvalue weighted by molar-refractivity contribution is -0.274. The fourth-order valence-corrected chi connectivity index (χ4v) is 1.52. The van der Waals surface area contributed by atoms with Gasteiger partial charge >= 0.3 is 18.2 Å². The first-order valence-corrected chi connectivity index (χ1v) is 5.47. The van der Waals surface area contributed by atoms with Gasteiger partial charge in [0.05, 0.1) is 11.6 Å². The Kier molecular flexibility index (Phi) is 4.76. The zero-order valence-electron chi connectivity index (χ0n) is 9.38. The van der Waals surface area contributed by atoms with E-state index >= 15 is 0 Å². The predicted molar refractivity (Wildman–Crippen MR) is 61.5 cm³/mol. The molecular weight excluding hydrogens is 335 g/mol. The molecule has 0 heterocycles. The first-order valence-electron chi connectivity index (χ1n) is 4.67. The van der Waals surface area contributed by atoms with Crippen molar-refractivity contribution in [3.63, 3.8) is 0 Å². The lowest BCUT2D eigenvalue weighted by Gasteiger charge is -2.11. The number of rotatable bonds is 2. The third kappa shape index (κ3) is 4.78. The predicted octanol–water partition coefficient (Wildman–Crippen LogP) is 2.46. The second-order valence-electron chi connectivity index (χ2n) is 3.14. The standard InChI is InChI=1S/C10H7BrF3NO4/c1-18-9(17)8(16)15-5-2-3-7(6(11)4-5)19-10(12,13)14/h2-4H,1H3,(H,15,16). The van der Waals surface area contributed by atoms with Gasteiger partial charge in [0.2, 0.25) is 0 Å². The maximum absolute atomic E-state index is 12.0. The van der Waals surface area contributed by atoms with Crippen LogP contribution >= 0.6 is 15.9 Å². The third-order valence-corrected chi connectivity index (χ3v) is 2.41. The second kappa shape index (κ2) is 5.91. The van der Waals surface area contributed by atoms with Gasteiger partial charge in [-0.25, -0.2) is 4.79 Å². The molecule has 0 atom stereocenters. The van der Waals surface area contributed by atoms with E-state index < -0.39 is 24.0 Å². The molecule has 1 aromatic rings. The Morgan fingerprint density at radius 1 is 1.32 bits per heavy atom. The van der Waals surface area contributed by atoms with Crippen molar-refractivity contribution in [2.75, 3.05) is 12.4 Å². The molecule has 0 aliphatic carbocycles. The average molecular weight is 342 g/mol. The van der Waals surface area contributed by atoms with Gasteiger partial charge in [0.25, 0.3) is 0 Å². The highest BCUT2D eigenvalue weighted by Crippen LogP contribution is 2.32. The molecule has 0 saturated carbocycles. The fraction of sp³-hybridized carbons (Fsp3) is 0.200. The minimum Gasteiger partial charge on any atom is -0.462 e. The summed E-state index contributed by atoms with van der Waals surface area (Å²) in [6.45, 7) is 0. The van der Waals surface area contributed by atoms with Crippen LogP contribution in [0.4, 0.5) is 18.9 Å². The van der Waals surface area contributed by atoms with Gasteiger partial charge in [0.1, 0.15) is 5.75 Å². The van der Waals surface area contributed by atoms with Crippen LogP contribution in [0.1, 0.15) is 0 Å². The van der Waals surface area contributed by atoms with E-state index in [0.717, 1.165) is 25.3 Å². The first-order chi connectivity index (χ1) is 8.73. The van der Waals surface area contributed by atoms with Crippen molar-refractivity contribution >= 4 is 33.5 Å². The normalized spacial score (nSPS) is 10.8.